The Morgan fingerprint density at radius 3 is 2.38 bits per heavy atom. The number of carbonyl (C=O) groups is 2. The predicted octanol–water partition coefficient (Wildman–Crippen LogP) is 2.35. The number of likely N-dealkylation sites (tertiary alicyclic amines) is 1. The predicted molar refractivity (Wildman–Crippen MR) is 96.1 cm³/mol. The van der Waals surface area contributed by atoms with Crippen molar-refractivity contribution in [1.82, 2.24) is 14.8 Å². The first-order valence-corrected chi connectivity index (χ1v) is 8.97. The first-order chi connectivity index (χ1) is 12.7. The minimum absolute atomic E-state index is 0.0554. The second-order valence-electron chi connectivity index (χ2n) is 6.63. The number of carbonyl (C=O) groups excluding carboxylic acids is 2. The highest BCUT2D eigenvalue weighted by Gasteiger charge is 2.24. The molecule has 4 rings (SSSR count). The van der Waals surface area contributed by atoms with Crippen molar-refractivity contribution in [2.75, 3.05) is 26.2 Å². The summed E-state index contributed by atoms with van der Waals surface area (Å²) in [7, 11) is 0. The van der Waals surface area contributed by atoms with Gasteiger partial charge in [-0.25, -0.2) is 0 Å². The maximum absolute atomic E-state index is 12.8. The molecule has 0 spiro atoms. The average molecular weight is 351 g/mol. The fourth-order valence-corrected chi connectivity index (χ4v) is 3.48. The Kier molecular flexibility index (Phi) is 4.56. The standard InChI is InChI=1S/C20H21N3O3/c24-19(15-5-7-21-8-6-15)23-11-12-26-18-4-3-16(13-17(18)14-23)20(25)22-9-1-2-10-22/h3-8,13H,1-2,9-12,14H2. The van der Waals surface area contributed by atoms with Gasteiger partial charge in [0.15, 0.2) is 0 Å². The molecule has 0 aliphatic carbocycles. The van der Waals surface area contributed by atoms with Crippen molar-refractivity contribution in [1.29, 1.82) is 0 Å². The van der Waals surface area contributed by atoms with Gasteiger partial charge in [0.25, 0.3) is 11.8 Å². The summed E-state index contributed by atoms with van der Waals surface area (Å²) in [5.74, 6) is 0.745. The number of rotatable bonds is 2. The van der Waals surface area contributed by atoms with Crippen molar-refractivity contribution >= 4 is 11.8 Å². The van der Waals surface area contributed by atoms with Crippen molar-refractivity contribution in [3.05, 3.63) is 59.4 Å². The summed E-state index contributed by atoms with van der Waals surface area (Å²) in [6, 6.07) is 8.96. The number of nitrogens with zero attached hydrogens (tertiary/aromatic N) is 3. The molecule has 6 heteroatoms. The number of benzene rings is 1. The highest BCUT2D eigenvalue weighted by atomic mass is 16.5. The van der Waals surface area contributed by atoms with Crippen molar-refractivity contribution in [3.63, 3.8) is 0 Å². The van der Waals surface area contributed by atoms with E-state index >= 15 is 0 Å². The van der Waals surface area contributed by atoms with Crippen LogP contribution in [0.5, 0.6) is 5.75 Å². The molecule has 0 N–H and O–H groups in total. The Labute approximate surface area is 152 Å². The van der Waals surface area contributed by atoms with Crippen molar-refractivity contribution in [3.8, 4) is 5.75 Å². The SMILES string of the molecule is O=C(c1ccc2c(c1)CN(C(=O)c1ccncc1)CCO2)N1CCCC1. The number of aromatic nitrogens is 1. The zero-order valence-corrected chi connectivity index (χ0v) is 14.6. The van der Waals surface area contributed by atoms with Crippen LogP contribution in [0, 0.1) is 0 Å². The van der Waals surface area contributed by atoms with Gasteiger partial charge in [0.2, 0.25) is 0 Å². The van der Waals surface area contributed by atoms with Gasteiger partial charge in [-0.15, -0.1) is 0 Å². The van der Waals surface area contributed by atoms with Gasteiger partial charge in [0.05, 0.1) is 6.54 Å². The lowest BCUT2D eigenvalue weighted by molar-refractivity contribution is 0.0733. The molecule has 3 heterocycles. The molecule has 134 valence electrons. The molecule has 1 saturated heterocycles. The second kappa shape index (κ2) is 7.15. The van der Waals surface area contributed by atoms with Gasteiger partial charge in [0.1, 0.15) is 12.4 Å². The zero-order valence-electron chi connectivity index (χ0n) is 14.6. The van der Waals surface area contributed by atoms with Gasteiger partial charge in [-0.1, -0.05) is 0 Å². The van der Waals surface area contributed by atoms with Crippen LogP contribution in [-0.4, -0.2) is 52.8 Å². The molecular weight excluding hydrogens is 330 g/mol. The molecule has 2 aliphatic rings. The molecule has 0 unspecified atom stereocenters. The number of hydrogen-bond donors (Lipinski definition) is 0. The van der Waals surface area contributed by atoms with Crippen LogP contribution in [0.1, 0.15) is 39.1 Å². The van der Waals surface area contributed by atoms with Crippen LogP contribution >= 0.6 is 0 Å². The maximum atomic E-state index is 12.8. The minimum Gasteiger partial charge on any atom is -0.491 e. The fraction of sp³-hybridized carbons (Fsp3) is 0.350. The van der Waals surface area contributed by atoms with Gasteiger partial charge in [-0.05, 0) is 43.2 Å². The van der Waals surface area contributed by atoms with E-state index in [-0.39, 0.29) is 11.8 Å². The third-order valence-electron chi connectivity index (χ3n) is 4.90. The zero-order chi connectivity index (χ0) is 17.9. The molecule has 1 fully saturated rings. The van der Waals surface area contributed by atoms with Gasteiger partial charge >= 0.3 is 0 Å². The Morgan fingerprint density at radius 2 is 1.62 bits per heavy atom. The summed E-state index contributed by atoms with van der Waals surface area (Å²) >= 11 is 0. The molecule has 2 amide bonds. The summed E-state index contributed by atoms with van der Waals surface area (Å²) < 4.78 is 5.79. The van der Waals surface area contributed by atoms with E-state index < -0.39 is 0 Å². The average Bonchev–Trinajstić information content (AvgIpc) is 3.14. The maximum Gasteiger partial charge on any atom is 0.254 e. The van der Waals surface area contributed by atoms with E-state index in [4.69, 9.17) is 4.74 Å². The summed E-state index contributed by atoms with van der Waals surface area (Å²) in [5, 5.41) is 0. The van der Waals surface area contributed by atoms with Crippen LogP contribution in [0.15, 0.2) is 42.7 Å². The van der Waals surface area contributed by atoms with Crippen molar-refractivity contribution in [2.24, 2.45) is 0 Å². The third-order valence-corrected chi connectivity index (χ3v) is 4.90. The lowest BCUT2D eigenvalue weighted by Crippen LogP contribution is -2.32. The molecule has 0 saturated carbocycles. The minimum atomic E-state index is -0.0554. The Bertz CT molecular complexity index is 816. The molecule has 26 heavy (non-hydrogen) atoms. The van der Waals surface area contributed by atoms with E-state index in [1.165, 1.54) is 0 Å². The Hall–Kier alpha value is -2.89. The Morgan fingerprint density at radius 1 is 0.885 bits per heavy atom. The van der Waals surface area contributed by atoms with Crippen LogP contribution < -0.4 is 4.74 Å². The van der Waals surface area contributed by atoms with Crippen LogP contribution in [0.2, 0.25) is 0 Å². The Balaban J connectivity index is 1.57. The highest BCUT2D eigenvalue weighted by Crippen LogP contribution is 2.26. The summed E-state index contributed by atoms with van der Waals surface area (Å²) in [5.41, 5.74) is 2.13. The second-order valence-corrected chi connectivity index (χ2v) is 6.63. The van der Waals surface area contributed by atoms with E-state index in [1.54, 1.807) is 29.4 Å². The molecule has 0 atom stereocenters. The molecule has 0 radical (unpaired) electrons. The first-order valence-electron chi connectivity index (χ1n) is 8.97. The summed E-state index contributed by atoms with van der Waals surface area (Å²) in [4.78, 5) is 33.0. The number of pyridine rings is 1. The van der Waals surface area contributed by atoms with E-state index in [9.17, 15) is 9.59 Å². The molecule has 6 nitrogen and oxygen atoms in total. The van der Waals surface area contributed by atoms with Crippen molar-refractivity contribution < 1.29 is 14.3 Å². The molecule has 1 aromatic carbocycles. The highest BCUT2D eigenvalue weighted by molar-refractivity contribution is 5.95. The quantitative estimate of drug-likeness (QED) is 0.833. The first kappa shape index (κ1) is 16.6. The molecule has 1 aromatic heterocycles. The largest absolute Gasteiger partial charge is 0.491 e. The van der Waals surface area contributed by atoms with E-state index in [2.05, 4.69) is 4.98 Å². The van der Waals surface area contributed by atoms with Crippen molar-refractivity contribution in [2.45, 2.75) is 19.4 Å². The van der Waals surface area contributed by atoms with Gasteiger partial charge in [-0.2, -0.15) is 0 Å². The van der Waals surface area contributed by atoms with Crippen LogP contribution in [-0.2, 0) is 6.54 Å². The van der Waals surface area contributed by atoms with Crippen LogP contribution in [0.3, 0.4) is 0 Å². The van der Waals surface area contributed by atoms with E-state index in [1.807, 2.05) is 23.1 Å². The summed E-state index contributed by atoms with van der Waals surface area (Å²) in [6.45, 7) is 3.00. The van der Waals surface area contributed by atoms with Gasteiger partial charge in [-0.3, -0.25) is 14.6 Å². The topological polar surface area (TPSA) is 62.7 Å². The summed E-state index contributed by atoms with van der Waals surface area (Å²) in [6.07, 6.45) is 5.35. The smallest absolute Gasteiger partial charge is 0.254 e. The lowest BCUT2D eigenvalue weighted by Gasteiger charge is -2.20. The molecule has 2 aromatic rings. The fourth-order valence-electron chi connectivity index (χ4n) is 3.48. The third kappa shape index (κ3) is 3.27. The number of amides is 2. The molecule has 2 aliphatic heterocycles. The van der Waals surface area contributed by atoms with Gasteiger partial charge in [0, 0.05) is 48.7 Å². The monoisotopic (exact) mass is 351 g/mol. The van der Waals surface area contributed by atoms with E-state index in [0.29, 0.717) is 30.8 Å². The van der Waals surface area contributed by atoms with Crippen LogP contribution in [0.25, 0.3) is 0 Å². The lowest BCUT2D eigenvalue weighted by atomic mass is 10.1. The van der Waals surface area contributed by atoms with Gasteiger partial charge < -0.3 is 14.5 Å². The number of hydrogen-bond acceptors (Lipinski definition) is 4. The number of ether oxygens (including phenoxy) is 1. The normalized spacial score (nSPS) is 16.6. The number of fused-ring (bicyclic) bond motifs is 1. The molecule has 0 bridgehead atoms. The molecular formula is C20H21N3O3. The van der Waals surface area contributed by atoms with Crippen LogP contribution in [0.4, 0.5) is 0 Å². The van der Waals surface area contributed by atoms with E-state index in [0.717, 1.165) is 37.2 Å².